The standard InChI is InChI=1S/C26H38O16/c27-7-13-17(32)18(33)21(36)25(39-13)42-24-15(9-29)40-26(22(37)20(24)35)41-23-14(8-28)38-12(16(31)19(23)34)6-11(30)10-4-2-1-3-5-10/h1-5,12-29,31-37H,6-9H2/t12-,13?,14?,15?,16?,17+,18-,19+,20+,21?,22?,23+,24+,25+,26+/m0/s1. The van der Waals surface area contributed by atoms with Gasteiger partial charge in [-0.15, -0.1) is 0 Å². The minimum Gasteiger partial charge on any atom is -0.394 e. The van der Waals surface area contributed by atoms with E-state index in [1.165, 1.54) is 0 Å². The molecule has 16 heteroatoms. The monoisotopic (exact) mass is 606 g/mol. The van der Waals surface area contributed by atoms with Crippen molar-refractivity contribution in [3.05, 3.63) is 35.9 Å². The largest absolute Gasteiger partial charge is 0.394 e. The lowest BCUT2D eigenvalue weighted by Crippen LogP contribution is -2.66. The summed E-state index contributed by atoms with van der Waals surface area (Å²) < 4.78 is 27.6. The summed E-state index contributed by atoms with van der Waals surface area (Å²) in [6, 6.07) is 8.18. The molecule has 4 rings (SSSR count). The van der Waals surface area contributed by atoms with E-state index in [4.69, 9.17) is 23.7 Å². The Bertz CT molecular complexity index is 994. The molecular formula is C26H38O16. The maximum atomic E-state index is 12.6. The molecule has 0 amide bonds. The van der Waals surface area contributed by atoms with Gasteiger partial charge in [-0.2, -0.15) is 0 Å². The Morgan fingerprint density at radius 1 is 0.571 bits per heavy atom. The van der Waals surface area contributed by atoms with Gasteiger partial charge in [-0.25, -0.2) is 0 Å². The molecule has 0 radical (unpaired) electrons. The highest BCUT2D eigenvalue weighted by Gasteiger charge is 2.53. The van der Waals surface area contributed by atoms with Crippen molar-refractivity contribution in [1.82, 2.24) is 0 Å². The van der Waals surface area contributed by atoms with Gasteiger partial charge in [0.05, 0.1) is 25.9 Å². The van der Waals surface area contributed by atoms with Crippen molar-refractivity contribution in [3.8, 4) is 0 Å². The first-order valence-corrected chi connectivity index (χ1v) is 13.5. The number of carbonyl (C=O) groups is 1. The number of hydrogen-bond acceptors (Lipinski definition) is 16. The third kappa shape index (κ3) is 6.83. The Balaban J connectivity index is 1.42. The van der Waals surface area contributed by atoms with Crippen LogP contribution in [0.4, 0.5) is 0 Å². The molecule has 3 aliphatic heterocycles. The van der Waals surface area contributed by atoms with E-state index in [1.54, 1.807) is 30.3 Å². The number of ether oxygens (including phenoxy) is 5. The molecule has 0 aromatic heterocycles. The summed E-state index contributed by atoms with van der Waals surface area (Å²) in [6.45, 7) is -2.31. The van der Waals surface area contributed by atoms with Crippen molar-refractivity contribution in [2.75, 3.05) is 19.8 Å². The van der Waals surface area contributed by atoms with Crippen LogP contribution in [-0.2, 0) is 23.7 Å². The number of hydrogen-bond donors (Lipinski definition) is 10. The van der Waals surface area contributed by atoms with Crippen molar-refractivity contribution in [3.63, 3.8) is 0 Å². The lowest BCUT2D eigenvalue weighted by atomic mass is 9.91. The molecule has 16 nitrogen and oxygen atoms in total. The second kappa shape index (κ2) is 14.4. The molecular weight excluding hydrogens is 568 g/mol. The van der Waals surface area contributed by atoms with Gasteiger partial charge in [-0.05, 0) is 0 Å². The Morgan fingerprint density at radius 2 is 1.02 bits per heavy atom. The Hall–Kier alpha value is -1.71. The number of ketones is 1. The van der Waals surface area contributed by atoms with E-state index in [0.717, 1.165) is 0 Å². The van der Waals surface area contributed by atoms with E-state index < -0.39 is 112 Å². The second-order valence-electron chi connectivity index (χ2n) is 10.5. The number of benzene rings is 1. The maximum Gasteiger partial charge on any atom is 0.187 e. The van der Waals surface area contributed by atoms with Gasteiger partial charge in [-0.3, -0.25) is 4.79 Å². The van der Waals surface area contributed by atoms with Crippen LogP contribution in [0.3, 0.4) is 0 Å². The highest BCUT2D eigenvalue weighted by atomic mass is 16.7. The van der Waals surface area contributed by atoms with E-state index in [-0.39, 0.29) is 12.2 Å². The minimum absolute atomic E-state index is 0.323. The zero-order chi connectivity index (χ0) is 30.7. The first kappa shape index (κ1) is 33.2. The molecule has 3 aliphatic rings. The molecule has 1 aromatic rings. The number of aliphatic hydroxyl groups excluding tert-OH is 10. The van der Waals surface area contributed by atoms with Crippen molar-refractivity contribution in [1.29, 1.82) is 0 Å². The highest BCUT2D eigenvalue weighted by molar-refractivity contribution is 5.96. The Kier molecular flexibility index (Phi) is 11.4. The molecule has 10 N–H and O–H groups in total. The molecule has 6 unspecified atom stereocenters. The molecule has 0 spiro atoms. The average molecular weight is 607 g/mol. The van der Waals surface area contributed by atoms with Gasteiger partial charge in [-0.1, -0.05) is 30.3 Å². The van der Waals surface area contributed by atoms with Gasteiger partial charge in [0.15, 0.2) is 18.4 Å². The predicted octanol–water partition coefficient (Wildman–Crippen LogP) is -5.25. The zero-order valence-electron chi connectivity index (χ0n) is 22.3. The second-order valence-corrected chi connectivity index (χ2v) is 10.5. The fraction of sp³-hybridized carbons (Fsp3) is 0.731. The normalized spacial score (nSPS) is 44.6. The molecule has 0 saturated carbocycles. The van der Waals surface area contributed by atoms with Crippen LogP contribution in [0.15, 0.2) is 30.3 Å². The van der Waals surface area contributed by atoms with E-state index in [0.29, 0.717) is 5.56 Å². The number of Topliss-reactive ketones (excluding diaryl/α,β-unsaturated/α-hetero) is 1. The van der Waals surface area contributed by atoms with E-state index in [1.807, 2.05) is 0 Å². The van der Waals surface area contributed by atoms with Gasteiger partial charge in [0, 0.05) is 12.0 Å². The topological polar surface area (TPSA) is 266 Å². The summed E-state index contributed by atoms with van der Waals surface area (Å²) in [5, 5.41) is 103. The molecule has 15 atom stereocenters. The summed E-state index contributed by atoms with van der Waals surface area (Å²) in [5.41, 5.74) is 0.352. The average Bonchev–Trinajstić information content (AvgIpc) is 3.00. The Labute approximate surface area is 239 Å². The van der Waals surface area contributed by atoms with Crippen LogP contribution in [-0.4, -0.2) is 169 Å². The molecule has 3 saturated heterocycles. The summed E-state index contributed by atoms with van der Waals surface area (Å²) in [7, 11) is 0. The zero-order valence-corrected chi connectivity index (χ0v) is 22.3. The smallest absolute Gasteiger partial charge is 0.187 e. The SMILES string of the molecule is O=C(C[C@@H]1OC(CO)[C@@H](O[C@H]2OC(CO)[C@@H](O[C@H]3OC(CO)[C@@H](O)[C@H](O)C3O)[C@H](O)C2O)[C@H](O)C1O)c1ccccc1. The summed E-state index contributed by atoms with van der Waals surface area (Å²) in [5.74, 6) is -0.381. The molecule has 0 bridgehead atoms. The molecule has 42 heavy (non-hydrogen) atoms. The fourth-order valence-corrected chi connectivity index (χ4v) is 5.25. The number of rotatable bonds is 10. The van der Waals surface area contributed by atoms with Crippen LogP contribution >= 0.6 is 0 Å². The van der Waals surface area contributed by atoms with Crippen LogP contribution in [0.2, 0.25) is 0 Å². The third-order valence-corrected chi connectivity index (χ3v) is 7.70. The number of carbonyl (C=O) groups excluding carboxylic acids is 1. The Morgan fingerprint density at radius 3 is 1.57 bits per heavy atom. The van der Waals surface area contributed by atoms with Gasteiger partial charge < -0.3 is 74.7 Å². The highest BCUT2D eigenvalue weighted by Crippen LogP contribution is 2.33. The van der Waals surface area contributed by atoms with Crippen molar-refractivity contribution < 1.29 is 79.5 Å². The van der Waals surface area contributed by atoms with Crippen molar-refractivity contribution in [2.24, 2.45) is 0 Å². The van der Waals surface area contributed by atoms with Crippen molar-refractivity contribution in [2.45, 2.75) is 98.4 Å². The minimum atomic E-state index is -1.93. The van der Waals surface area contributed by atoms with Crippen LogP contribution in [0.25, 0.3) is 0 Å². The quantitative estimate of drug-likeness (QED) is 0.112. The molecule has 3 heterocycles. The van der Waals surface area contributed by atoms with Crippen molar-refractivity contribution >= 4 is 5.78 Å². The van der Waals surface area contributed by atoms with Gasteiger partial charge in [0.2, 0.25) is 0 Å². The summed E-state index contributed by atoms with van der Waals surface area (Å²) >= 11 is 0. The maximum absolute atomic E-state index is 12.6. The number of aliphatic hydroxyl groups is 10. The van der Waals surface area contributed by atoms with Gasteiger partial charge >= 0.3 is 0 Å². The lowest BCUT2D eigenvalue weighted by molar-refractivity contribution is -0.372. The van der Waals surface area contributed by atoms with Crippen LogP contribution in [0.5, 0.6) is 0 Å². The molecule has 3 fully saturated rings. The molecule has 1 aromatic carbocycles. The lowest BCUT2D eigenvalue weighted by Gasteiger charge is -2.48. The van der Waals surface area contributed by atoms with E-state index in [9.17, 15) is 55.9 Å². The predicted molar refractivity (Wildman–Crippen MR) is 134 cm³/mol. The van der Waals surface area contributed by atoms with Gasteiger partial charge in [0.1, 0.15) is 73.2 Å². The molecule has 238 valence electrons. The summed E-state index contributed by atoms with van der Waals surface area (Å²) in [4.78, 5) is 12.6. The molecule has 0 aliphatic carbocycles. The van der Waals surface area contributed by atoms with Gasteiger partial charge in [0.25, 0.3) is 0 Å². The first-order valence-electron chi connectivity index (χ1n) is 13.5. The first-order chi connectivity index (χ1) is 20.0. The van der Waals surface area contributed by atoms with Crippen LogP contribution in [0, 0.1) is 0 Å². The van der Waals surface area contributed by atoms with E-state index in [2.05, 4.69) is 0 Å². The summed E-state index contributed by atoms with van der Waals surface area (Å²) in [6.07, 6.45) is -24.8. The third-order valence-electron chi connectivity index (χ3n) is 7.70. The van der Waals surface area contributed by atoms with Crippen LogP contribution in [0.1, 0.15) is 16.8 Å². The van der Waals surface area contributed by atoms with Crippen LogP contribution < -0.4 is 0 Å². The fourth-order valence-electron chi connectivity index (χ4n) is 5.25. The van der Waals surface area contributed by atoms with E-state index >= 15 is 0 Å².